The number of hydroxylamine groups is 2. The lowest BCUT2D eigenvalue weighted by Crippen LogP contribution is -2.44. The number of likely N-dealkylation sites (tertiary alicyclic amines) is 1. The molecule has 0 aliphatic carbocycles. The maximum Gasteiger partial charge on any atom is 0.355 e. The molecule has 1 unspecified atom stereocenters. The van der Waals surface area contributed by atoms with Gasteiger partial charge in [0.25, 0.3) is 17.7 Å². The van der Waals surface area contributed by atoms with Gasteiger partial charge >= 0.3 is 5.97 Å². The van der Waals surface area contributed by atoms with Crippen LogP contribution in [-0.4, -0.2) is 53.0 Å². The quantitative estimate of drug-likeness (QED) is 0.713. The average molecular weight is 408 g/mol. The van der Waals surface area contributed by atoms with E-state index in [2.05, 4.69) is 0 Å². The molecule has 3 heterocycles. The van der Waals surface area contributed by atoms with Crippen LogP contribution in [-0.2, 0) is 9.63 Å². The minimum Gasteiger partial charge on any atom is -0.454 e. The third kappa shape index (κ3) is 2.78. The molecule has 2 aromatic carbocycles. The predicted molar refractivity (Wildman–Crippen MR) is 99.7 cm³/mol. The summed E-state index contributed by atoms with van der Waals surface area (Å²) in [6.07, 6.45) is 0.969. The summed E-state index contributed by atoms with van der Waals surface area (Å²) in [7, 11) is 0. The molecular weight excluding hydrogens is 392 g/mol. The molecule has 0 aromatic heterocycles. The van der Waals surface area contributed by atoms with Gasteiger partial charge in [0, 0.05) is 12.1 Å². The number of ether oxygens (including phenoxy) is 2. The number of rotatable bonds is 3. The van der Waals surface area contributed by atoms with Crippen LogP contribution in [0.5, 0.6) is 11.5 Å². The highest BCUT2D eigenvalue weighted by atomic mass is 16.7. The van der Waals surface area contributed by atoms with Gasteiger partial charge in [0.15, 0.2) is 11.5 Å². The molecule has 30 heavy (non-hydrogen) atoms. The van der Waals surface area contributed by atoms with Crippen molar-refractivity contribution in [3.63, 3.8) is 0 Å². The van der Waals surface area contributed by atoms with Crippen LogP contribution >= 0.6 is 0 Å². The number of hydrogen-bond acceptors (Lipinski definition) is 7. The summed E-state index contributed by atoms with van der Waals surface area (Å²) in [4.78, 5) is 57.1. The van der Waals surface area contributed by atoms with Gasteiger partial charge in [-0.15, -0.1) is 0 Å². The Balaban J connectivity index is 1.33. The van der Waals surface area contributed by atoms with Crippen LogP contribution in [0.1, 0.15) is 43.9 Å². The third-order valence-electron chi connectivity index (χ3n) is 5.34. The molecular formula is C21H16N2O7. The first kappa shape index (κ1) is 18.2. The van der Waals surface area contributed by atoms with E-state index in [1.165, 1.54) is 17.0 Å². The fraction of sp³-hybridized carbons (Fsp3) is 0.238. The van der Waals surface area contributed by atoms with E-state index in [0.29, 0.717) is 41.5 Å². The fourth-order valence-electron chi connectivity index (χ4n) is 3.85. The van der Waals surface area contributed by atoms with Crippen LogP contribution in [0.2, 0.25) is 0 Å². The van der Waals surface area contributed by atoms with Gasteiger partial charge in [0.1, 0.15) is 6.04 Å². The van der Waals surface area contributed by atoms with Gasteiger partial charge in [-0.1, -0.05) is 17.2 Å². The number of amides is 3. The normalized spacial score (nSPS) is 19.3. The van der Waals surface area contributed by atoms with Gasteiger partial charge in [0.05, 0.1) is 11.1 Å². The van der Waals surface area contributed by atoms with Crippen molar-refractivity contribution in [3.8, 4) is 11.5 Å². The van der Waals surface area contributed by atoms with E-state index in [-0.39, 0.29) is 23.8 Å². The standard InChI is InChI=1S/C21H16N2O7/c24-18(12-7-8-16-17(10-12)29-11-28-16)22-9-3-6-15(22)21(27)30-23-19(25)13-4-1-2-5-14(13)20(23)26/h1-2,4-5,7-8,10,15H,3,6,9,11H2. The minimum absolute atomic E-state index is 0.0892. The second-order valence-corrected chi connectivity index (χ2v) is 7.09. The molecule has 9 heteroatoms. The number of hydrogen-bond donors (Lipinski definition) is 0. The summed E-state index contributed by atoms with van der Waals surface area (Å²) in [5, 5.41) is 0.467. The first-order chi connectivity index (χ1) is 14.5. The molecule has 0 radical (unpaired) electrons. The second-order valence-electron chi connectivity index (χ2n) is 7.09. The predicted octanol–water partition coefficient (Wildman–Crippen LogP) is 1.77. The first-order valence-corrected chi connectivity index (χ1v) is 9.45. The van der Waals surface area contributed by atoms with Gasteiger partial charge in [-0.2, -0.15) is 0 Å². The van der Waals surface area contributed by atoms with Crippen LogP contribution in [0.3, 0.4) is 0 Å². The van der Waals surface area contributed by atoms with Crippen molar-refractivity contribution < 1.29 is 33.5 Å². The number of imide groups is 1. The summed E-state index contributed by atoms with van der Waals surface area (Å²) in [6, 6.07) is 10.1. The molecule has 0 spiro atoms. The maximum absolute atomic E-state index is 13.0. The van der Waals surface area contributed by atoms with Crippen molar-refractivity contribution >= 4 is 23.7 Å². The van der Waals surface area contributed by atoms with Crippen molar-refractivity contribution in [1.29, 1.82) is 0 Å². The molecule has 9 nitrogen and oxygen atoms in total. The Morgan fingerprint density at radius 2 is 1.67 bits per heavy atom. The molecule has 1 fully saturated rings. The third-order valence-corrected chi connectivity index (χ3v) is 5.34. The van der Waals surface area contributed by atoms with Crippen LogP contribution in [0.4, 0.5) is 0 Å². The summed E-state index contributed by atoms with van der Waals surface area (Å²) >= 11 is 0. The van der Waals surface area contributed by atoms with E-state index >= 15 is 0 Å². The number of carbonyl (C=O) groups is 4. The van der Waals surface area contributed by atoms with E-state index < -0.39 is 23.8 Å². The Labute approximate surface area is 170 Å². The molecule has 0 bridgehead atoms. The second kappa shape index (κ2) is 6.87. The van der Waals surface area contributed by atoms with E-state index in [0.717, 1.165) is 0 Å². The lowest BCUT2D eigenvalue weighted by molar-refractivity contribution is -0.173. The van der Waals surface area contributed by atoms with Crippen LogP contribution in [0.15, 0.2) is 42.5 Å². The van der Waals surface area contributed by atoms with Crippen molar-refractivity contribution in [2.75, 3.05) is 13.3 Å². The Morgan fingerprint density at radius 1 is 0.967 bits per heavy atom. The smallest absolute Gasteiger partial charge is 0.355 e. The van der Waals surface area contributed by atoms with E-state index in [1.54, 1.807) is 30.3 Å². The summed E-state index contributed by atoms with van der Waals surface area (Å²) < 4.78 is 10.6. The molecule has 3 aliphatic rings. The van der Waals surface area contributed by atoms with Crippen molar-refractivity contribution in [2.45, 2.75) is 18.9 Å². The van der Waals surface area contributed by atoms with E-state index in [4.69, 9.17) is 14.3 Å². The minimum atomic E-state index is -0.896. The Kier molecular flexibility index (Phi) is 4.16. The van der Waals surface area contributed by atoms with Crippen molar-refractivity contribution in [1.82, 2.24) is 9.96 Å². The number of nitrogens with zero attached hydrogens (tertiary/aromatic N) is 2. The van der Waals surface area contributed by atoms with Crippen molar-refractivity contribution in [2.24, 2.45) is 0 Å². The summed E-state index contributed by atoms with van der Waals surface area (Å²) in [6.45, 7) is 0.446. The SMILES string of the molecule is O=C(ON1C(=O)c2ccccc2C1=O)C1CCCN1C(=O)c1ccc2c(c1)OCO2. The molecule has 1 saturated heterocycles. The molecule has 152 valence electrons. The Morgan fingerprint density at radius 3 is 2.40 bits per heavy atom. The molecule has 0 N–H and O–H groups in total. The average Bonchev–Trinajstić information content (AvgIpc) is 3.48. The van der Waals surface area contributed by atoms with Gasteiger partial charge in [-0.25, -0.2) is 4.79 Å². The molecule has 1 atom stereocenters. The van der Waals surface area contributed by atoms with Crippen molar-refractivity contribution in [3.05, 3.63) is 59.2 Å². The van der Waals surface area contributed by atoms with Crippen LogP contribution in [0.25, 0.3) is 0 Å². The van der Waals surface area contributed by atoms with Gasteiger partial charge in [-0.3, -0.25) is 14.4 Å². The molecule has 2 aromatic rings. The van der Waals surface area contributed by atoms with Crippen LogP contribution in [0, 0.1) is 0 Å². The Bertz CT molecular complexity index is 1060. The highest BCUT2D eigenvalue weighted by molar-refractivity contribution is 6.21. The zero-order chi connectivity index (χ0) is 20.8. The van der Waals surface area contributed by atoms with Gasteiger partial charge in [0.2, 0.25) is 6.79 Å². The number of fused-ring (bicyclic) bond motifs is 2. The highest BCUT2D eigenvalue weighted by Gasteiger charge is 2.42. The van der Waals surface area contributed by atoms with Crippen LogP contribution < -0.4 is 9.47 Å². The monoisotopic (exact) mass is 408 g/mol. The fourth-order valence-corrected chi connectivity index (χ4v) is 3.85. The topological polar surface area (TPSA) is 102 Å². The Hall–Kier alpha value is -3.88. The molecule has 0 saturated carbocycles. The molecule has 3 amide bonds. The first-order valence-electron chi connectivity index (χ1n) is 9.45. The molecule has 5 rings (SSSR count). The van der Waals surface area contributed by atoms with Gasteiger partial charge < -0.3 is 19.2 Å². The summed E-state index contributed by atoms with van der Waals surface area (Å²) in [5.74, 6) is -1.57. The lowest BCUT2D eigenvalue weighted by Gasteiger charge is -2.24. The summed E-state index contributed by atoms with van der Waals surface area (Å²) in [5.41, 5.74) is 0.699. The zero-order valence-electron chi connectivity index (χ0n) is 15.7. The van der Waals surface area contributed by atoms with Gasteiger partial charge in [-0.05, 0) is 43.2 Å². The lowest BCUT2D eigenvalue weighted by atomic mass is 10.1. The number of carbonyl (C=O) groups excluding carboxylic acids is 4. The van der Waals surface area contributed by atoms with E-state index in [9.17, 15) is 19.2 Å². The maximum atomic E-state index is 13.0. The van der Waals surface area contributed by atoms with E-state index in [1.807, 2.05) is 0 Å². The highest BCUT2D eigenvalue weighted by Crippen LogP contribution is 2.33. The largest absolute Gasteiger partial charge is 0.454 e. The molecule has 3 aliphatic heterocycles. The number of benzene rings is 2. The zero-order valence-corrected chi connectivity index (χ0v) is 15.7.